The summed E-state index contributed by atoms with van der Waals surface area (Å²) in [4.78, 5) is 21.8. The fraction of sp³-hybridized carbons (Fsp3) is 0. The van der Waals surface area contributed by atoms with Gasteiger partial charge < -0.3 is 4.74 Å². The number of hydrogen-bond acceptors (Lipinski definition) is 4. The fourth-order valence-corrected chi connectivity index (χ4v) is 1.46. The van der Waals surface area contributed by atoms with Crippen molar-refractivity contribution >= 4 is 17.5 Å². The van der Waals surface area contributed by atoms with Crippen molar-refractivity contribution in [3.63, 3.8) is 0 Å². The second kappa shape index (κ2) is 5.63. The number of anilines is 1. The van der Waals surface area contributed by atoms with Gasteiger partial charge in [0.1, 0.15) is 0 Å². The van der Waals surface area contributed by atoms with E-state index in [9.17, 15) is 14.9 Å². The molecule has 0 radical (unpaired) electrons. The van der Waals surface area contributed by atoms with Crippen LogP contribution in [0.3, 0.4) is 0 Å². The van der Waals surface area contributed by atoms with E-state index in [1.165, 1.54) is 18.2 Å². The summed E-state index contributed by atoms with van der Waals surface area (Å²) in [6, 6.07) is 14.4. The van der Waals surface area contributed by atoms with Gasteiger partial charge in [0.05, 0.1) is 4.92 Å². The number of nitrogens with zero attached hydrogens (tertiary/aromatic N) is 1. The molecule has 0 aliphatic carbocycles. The second-order valence-electron chi connectivity index (χ2n) is 3.61. The average Bonchev–Trinajstić information content (AvgIpc) is 2.40. The molecule has 96 valence electrons. The molecule has 0 spiro atoms. The molecule has 0 aromatic heterocycles. The number of nitro groups is 1. The SMILES string of the molecule is O=C(Nc1ccccc1)Oc1ccccc1[N+](=O)[O-]. The molecule has 1 N–H and O–H groups in total. The first-order valence-electron chi connectivity index (χ1n) is 5.44. The summed E-state index contributed by atoms with van der Waals surface area (Å²) in [6.07, 6.45) is -0.777. The number of ether oxygens (including phenoxy) is 1. The Labute approximate surface area is 108 Å². The summed E-state index contributed by atoms with van der Waals surface area (Å²) in [5, 5.41) is 13.2. The maximum Gasteiger partial charge on any atom is 0.417 e. The molecule has 0 fully saturated rings. The Kier molecular flexibility index (Phi) is 3.72. The molecular weight excluding hydrogens is 248 g/mol. The van der Waals surface area contributed by atoms with E-state index >= 15 is 0 Å². The van der Waals surface area contributed by atoms with E-state index in [1.807, 2.05) is 0 Å². The summed E-state index contributed by atoms with van der Waals surface area (Å²) < 4.78 is 4.92. The van der Waals surface area contributed by atoms with Gasteiger partial charge in [0.2, 0.25) is 5.75 Å². The van der Waals surface area contributed by atoms with Crippen LogP contribution in [0.1, 0.15) is 0 Å². The lowest BCUT2D eigenvalue weighted by atomic mass is 10.3. The third-order valence-electron chi connectivity index (χ3n) is 2.28. The lowest BCUT2D eigenvalue weighted by Gasteiger charge is -2.06. The molecule has 0 unspecified atom stereocenters. The zero-order valence-corrected chi connectivity index (χ0v) is 9.78. The minimum Gasteiger partial charge on any atom is -0.403 e. The van der Waals surface area contributed by atoms with E-state index in [-0.39, 0.29) is 11.4 Å². The van der Waals surface area contributed by atoms with Crippen LogP contribution in [0.15, 0.2) is 54.6 Å². The van der Waals surface area contributed by atoms with E-state index in [0.717, 1.165) is 0 Å². The Balaban J connectivity index is 2.09. The molecule has 0 saturated heterocycles. The Bertz CT molecular complexity index is 599. The van der Waals surface area contributed by atoms with Gasteiger partial charge in [-0.1, -0.05) is 30.3 Å². The van der Waals surface area contributed by atoms with Gasteiger partial charge in [-0.2, -0.15) is 0 Å². The number of carbonyl (C=O) groups is 1. The molecule has 0 aliphatic rings. The average molecular weight is 258 g/mol. The maximum absolute atomic E-state index is 11.6. The minimum atomic E-state index is -0.777. The van der Waals surface area contributed by atoms with Gasteiger partial charge in [0, 0.05) is 11.8 Å². The lowest BCUT2D eigenvalue weighted by Crippen LogP contribution is -2.17. The standard InChI is InChI=1S/C13H10N2O4/c16-13(14-10-6-2-1-3-7-10)19-12-9-5-4-8-11(12)15(17)18/h1-9H,(H,14,16). The molecule has 1 amide bonds. The van der Waals surface area contributed by atoms with Crippen LogP contribution in [-0.2, 0) is 0 Å². The van der Waals surface area contributed by atoms with Crippen molar-refractivity contribution < 1.29 is 14.5 Å². The summed E-state index contributed by atoms with van der Waals surface area (Å²) >= 11 is 0. The normalized spacial score (nSPS) is 9.68. The van der Waals surface area contributed by atoms with Crippen molar-refractivity contribution in [3.8, 4) is 5.75 Å². The summed E-state index contributed by atoms with van der Waals surface area (Å²) in [7, 11) is 0. The zero-order chi connectivity index (χ0) is 13.7. The van der Waals surface area contributed by atoms with E-state index < -0.39 is 11.0 Å². The molecule has 0 heterocycles. The highest BCUT2D eigenvalue weighted by molar-refractivity contribution is 5.86. The van der Waals surface area contributed by atoms with Crippen LogP contribution in [0, 0.1) is 10.1 Å². The summed E-state index contributed by atoms with van der Waals surface area (Å²) in [5.41, 5.74) is 0.289. The predicted molar refractivity (Wildman–Crippen MR) is 69.2 cm³/mol. The topological polar surface area (TPSA) is 81.5 Å². The Morgan fingerprint density at radius 1 is 1.05 bits per heavy atom. The molecule has 6 nitrogen and oxygen atoms in total. The van der Waals surface area contributed by atoms with Gasteiger partial charge in [-0.3, -0.25) is 15.4 Å². The number of para-hydroxylation sites is 3. The second-order valence-corrected chi connectivity index (χ2v) is 3.61. The molecule has 6 heteroatoms. The first-order chi connectivity index (χ1) is 9.16. The minimum absolute atomic E-state index is 0.0964. The van der Waals surface area contributed by atoms with Gasteiger partial charge in [0.15, 0.2) is 0 Å². The van der Waals surface area contributed by atoms with Gasteiger partial charge in [-0.05, 0) is 18.2 Å². The number of amides is 1. The van der Waals surface area contributed by atoms with Crippen molar-refractivity contribution in [1.29, 1.82) is 0 Å². The molecule has 19 heavy (non-hydrogen) atoms. The molecule has 0 bridgehead atoms. The highest BCUT2D eigenvalue weighted by Crippen LogP contribution is 2.26. The number of benzene rings is 2. The monoisotopic (exact) mass is 258 g/mol. The third-order valence-corrected chi connectivity index (χ3v) is 2.28. The summed E-state index contributed by atoms with van der Waals surface area (Å²) in [6.45, 7) is 0. The van der Waals surface area contributed by atoms with E-state index in [0.29, 0.717) is 5.69 Å². The number of nitrogens with one attached hydrogen (secondary N) is 1. The van der Waals surface area contributed by atoms with Gasteiger partial charge >= 0.3 is 11.8 Å². The first kappa shape index (κ1) is 12.6. The van der Waals surface area contributed by atoms with E-state index in [1.54, 1.807) is 36.4 Å². The number of hydrogen-bond donors (Lipinski definition) is 1. The lowest BCUT2D eigenvalue weighted by molar-refractivity contribution is -0.385. The van der Waals surface area contributed by atoms with E-state index in [2.05, 4.69) is 5.32 Å². The Morgan fingerprint density at radius 2 is 1.68 bits per heavy atom. The van der Waals surface area contributed by atoms with Gasteiger partial charge in [0.25, 0.3) is 0 Å². The quantitative estimate of drug-likeness (QED) is 0.677. The molecule has 0 atom stereocenters. The largest absolute Gasteiger partial charge is 0.417 e. The number of nitro benzene ring substituents is 1. The van der Waals surface area contributed by atoms with E-state index in [4.69, 9.17) is 4.74 Å². The third kappa shape index (κ3) is 3.29. The van der Waals surface area contributed by atoms with Crippen LogP contribution in [-0.4, -0.2) is 11.0 Å². The van der Waals surface area contributed by atoms with Gasteiger partial charge in [-0.15, -0.1) is 0 Å². The van der Waals surface area contributed by atoms with Crippen molar-refractivity contribution in [2.75, 3.05) is 5.32 Å². The van der Waals surface area contributed by atoms with Crippen molar-refractivity contribution in [3.05, 3.63) is 64.7 Å². The molecule has 2 rings (SSSR count). The van der Waals surface area contributed by atoms with Crippen LogP contribution in [0.25, 0.3) is 0 Å². The van der Waals surface area contributed by atoms with Gasteiger partial charge in [-0.25, -0.2) is 4.79 Å². The van der Waals surface area contributed by atoms with Crippen LogP contribution in [0.5, 0.6) is 5.75 Å². The zero-order valence-electron chi connectivity index (χ0n) is 9.78. The van der Waals surface area contributed by atoms with Crippen LogP contribution in [0.2, 0.25) is 0 Å². The number of rotatable bonds is 3. The molecule has 2 aromatic rings. The Hall–Kier alpha value is -2.89. The molecular formula is C13H10N2O4. The molecule has 0 aliphatic heterocycles. The smallest absolute Gasteiger partial charge is 0.403 e. The maximum atomic E-state index is 11.6. The first-order valence-corrected chi connectivity index (χ1v) is 5.44. The molecule has 0 saturated carbocycles. The van der Waals surface area contributed by atoms with Crippen molar-refractivity contribution in [2.24, 2.45) is 0 Å². The fourth-order valence-electron chi connectivity index (χ4n) is 1.46. The highest BCUT2D eigenvalue weighted by Gasteiger charge is 2.16. The number of carbonyl (C=O) groups excluding carboxylic acids is 1. The molecule has 2 aromatic carbocycles. The predicted octanol–water partition coefficient (Wildman–Crippen LogP) is 3.21. The van der Waals surface area contributed by atoms with Crippen LogP contribution < -0.4 is 10.1 Å². The van der Waals surface area contributed by atoms with Crippen molar-refractivity contribution in [2.45, 2.75) is 0 Å². The summed E-state index contributed by atoms with van der Waals surface area (Å²) in [5.74, 6) is -0.0964. The van der Waals surface area contributed by atoms with Crippen molar-refractivity contribution in [1.82, 2.24) is 0 Å². The highest BCUT2D eigenvalue weighted by atomic mass is 16.6. The van der Waals surface area contributed by atoms with Crippen LogP contribution in [0.4, 0.5) is 16.2 Å². The van der Waals surface area contributed by atoms with Crippen LogP contribution >= 0.6 is 0 Å². The Morgan fingerprint density at radius 3 is 2.37 bits per heavy atom.